The Morgan fingerprint density at radius 2 is 2.07 bits per heavy atom. The normalized spacial score (nSPS) is 12.2. The van der Waals surface area contributed by atoms with E-state index in [1.54, 1.807) is 31.2 Å². The number of anilines is 1. The Morgan fingerprint density at radius 1 is 1.50 bits per heavy atom. The maximum Gasteiger partial charge on any atom is 0.237 e. The van der Waals surface area contributed by atoms with Crippen LogP contribution in [0, 0.1) is 0 Å². The van der Waals surface area contributed by atoms with Gasteiger partial charge in [0.05, 0.1) is 11.4 Å². The molecule has 0 aliphatic heterocycles. The van der Waals surface area contributed by atoms with E-state index < -0.39 is 0 Å². The fourth-order valence-corrected chi connectivity index (χ4v) is 1.05. The summed E-state index contributed by atoms with van der Waals surface area (Å²) in [5.41, 5.74) is 1.56. The molecule has 0 fully saturated rings. The maximum atomic E-state index is 11.3. The molecule has 0 spiro atoms. The lowest BCUT2D eigenvalue weighted by Gasteiger charge is -2.06. The number of aliphatic hydroxyl groups is 1. The van der Waals surface area contributed by atoms with Crippen LogP contribution in [0.1, 0.15) is 12.5 Å². The molecule has 0 bridgehead atoms. The van der Waals surface area contributed by atoms with Gasteiger partial charge in [0.15, 0.2) is 0 Å². The molecule has 0 saturated heterocycles. The van der Waals surface area contributed by atoms with Gasteiger partial charge in [0.1, 0.15) is 0 Å². The Morgan fingerprint density at radius 3 is 2.50 bits per heavy atom. The highest BCUT2D eigenvalue weighted by molar-refractivity contribution is 9.10. The zero-order chi connectivity index (χ0) is 10.6. The lowest BCUT2D eigenvalue weighted by atomic mass is 10.2. The van der Waals surface area contributed by atoms with Crippen molar-refractivity contribution < 1.29 is 9.90 Å². The first-order chi connectivity index (χ1) is 6.63. The van der Waals surface area contributed by atoms with E-state index in [1.807, 2.05) is 0 Å². The number of amides is 1. The number of hydrogen-bond donors (Lipinski definition) is 2. The fraction of sp³-hybridized carbons (Fsp3) is 0.300. The quantitative estimate of drug-likeness (QED) is 0.813. The van der Waals surface area contributed by atoms with Crippen molar-refractivity contribution in [2.75, 3.05) is 5.32 Å². The van der Waals surface area contributed by atoms with Crippen molar-refractivity contribution in [2.45, 2.75) is 18.4 Å². The molecule has 0 radical (unpaired) electrons. The molecule has 14 heavy (non-hydrogen) atoms. The third kappa shape index (κ3) is 3.12. The Bertz CT molecular complexity index is 308. The predicted molar refractivity (Wildman–Crippen MR) is 59.4 cm³/mol. The van der Waals surface area contributed by atoms with Gasteiger partial charge in [-0.3, -0.25) is 4.79 Å². The number of aliphatic hydroxyl groups excluding tert-OH is 1. The molecule has 3 nitrogen and oxygen atoms in total. The molecular weight excluding hydrogens is 246 g/mol. The van der Waals surface area contributed by atoms with Gasteiger partial charge >= 0.3 is 0 Å². The van der Waals surface area contributed by atoms with Gasteiger partial charge in [-0.15, -0.1) is 0 Å². The van der Waals surface area contributed by atoms with E-state index in [4.69, 9.17) is 5.11 Å². The topological polar surface area (TPSA) is 49.3 Å². The highest BCUT2D eigenvalue weighted by Crippen LogP contribution is 2.11. The lowest BCUT2D eigenvalue weighted by molar-refractivity contribution is -0.115. The standard InChI is InChI=1S/C10H12BrNO2/c1-7(11)10(14)12-9-4-2-8(6-13)3-5-9/h2-5,7,13H,6H2,1H3,(H,12,14). The fourth-order valence-electron chi connectivity index (χ4n) is 0.935. The first-order valence-electron chi connectivity index (χ1n) is 4.28. The zero-order valence-electron chi connectivity index (χ0n) is 7.83. The van der Waals surface area contributed by atoms with Gasteiger partial charge in [0.25, 0.3) is 0 Å². The molecule has 0 aromatic heterocycles. The minimum absolute atomic E-state index is 0.0169. The molecule has 2 N–H and O–H groups in total. The highest BCUT2D eigenvalue weighted by atomic mass is 79.9. The van der Waals surface area contributed by atoms with E-state index in [2.05, 4.69) is 21.2 Å². The molecule has 1 atom stereocenters. The number of rotatable bonds is 3. The van der Waals surface area contributed by atoms with Crippen LogP contribution in [0.25, 0.3) is 0 Å². The number of alkyl halides is 1. The van der Waals surface area contributed by atoms with Gasteiger partial charge < -0.3 is 10.4 Å². The SMILES string of the molecule is CC(Br)C(=O)Nc1ccc(CO)cc1. The third-order valence-electron chi connectivity index (χ3n) is 1.77. The molecule has 1 unspecified atom stereocenters. The minimum atomic E-state index is -0.208. The van der Waals surface area contributed by atoms with Crippen molar-refractivity contribution in [2.24, 2.45) is 0 Å². The Kier molecular flexibility index (Phi) is 4.10. The average molecular weight is 258 g/mol. The zero-order valence-corrected chi connectivity index (χ0v) is 9.41. The second kappa shape index (κ2) is 5.12. The molecule has 1 aromatic carbocycles. The van der Waals surface area contributed by atoms with Crippen LogP contribution in [0.5, 0.6) is 0 Å². The van der Waals surface area contributed by atoms with E-state index in [-0.39, 0.29) is 17.3 Å². The van der Waals surface area contributed by atoms with Gasteiger partial charge in [0.2, 0.25) is 5.91 Å². The molecule has 1 amide bonds. The molecule has 76 valence electrons. The van der Waals surface area contributed by atoms with E-state index in [9.17, 15) is 4.79 Å². The van der Waals surface area contributed by atoms with Crippen molar-refractivity contribution in [1.82, 2.24) is 0 Å². The maximum absolute atomic E-state index is 11.3. The van der Waals surface area contributed by atoms with Crippen LogP contribution in [-0.4, -0.2) is 15.8 Å². The first-order valence-corrected chi connectivity index (χ1v) is 5.20. The van der Waals surface area contributed by atoms with Gasteiger partial charge in [-0.1, -0.05) is 28.1 Å². The molecule has 0 aliphatic rings. The summed E-state index contributed by atoms with van der Waals surface area (Å²) in [5.74, 6) is -0.0817. The number of benzene rings is 1. The number of hydrogen-bond acceptors (Lipinski definition) is 2. The summed E-state index contributed by atoms with van der Waals surface area (Å²) in [4.78, 5) is 11.1. The number of halogens is 1. The van der Waals surface area contributed by atoms with Crippen molar-refractivity contribution in [3.05, 3.63) is 29.8 Å². The summed E-state index contributed by atoms with van der Waals surface area (Å²) >= 11 is 3.17. The van der Waals surface area contributed by atoms with Gasteiger partial charge in [-0.05, 0) is 24.6 Å². The van der Waals surface area contributed by atoms with Crippen molar-refractivity contribution in [1.29, 1.82) is 0 Å². The van der Waals surface area contributed by atoms with Crippen LogP contribution in [0.15, 0.2) is 24.3 Å². The van der Waals surface area contributed by atoms with Crippen LogP contribution in [0.4, 0.5) is 5.69 Å². The summed E-state index contributed by atoms with van der Waals surface area (Å²) in [7, 11) is 0. The van der Waals surface area contributed by atoms with Crippen LogP contribution in [0.2, 0.25) is 0 Å². The largest absolute Gasteiger partial charge is 0.392 e. The van der Waals surface area contributed by atoms with Crippen molar-refractivity contribution in [3.8, 4) is 0 Å². The number of nitrogens with one attached hydrogen (secondary N) is 1. The Hall–Kier alpha value is -0.870. The monoisotopic (exact) mass is 257 g/mol. The van der Waals surface area contributed by atoms with Crippen LogP contribution in [0.3, 0.4) is 0 Å². The van der Waals surface area contributed by atoms with E-state index in [0.29, 0.717) is 0 Å². The highest BCUT2D eigenvalue weighted by Gasteiger charge is 2.07. The van der Waals surface area contributed by atoms with E-state index >= 15 is 0 Å². The van der Waals surface area contributed by atoms with Crippen molar-refractivity contribution in [3.63, 3.8) is 0 Å². The smallest absolute Gasteiger partial charge is 0.237 e. The molecule has 1 rings (SSSR count). The van der Waals surface area contributed by atoms with Crippen molar-refractivity contribution >= 4 is 27.5 Å². The molecule has 4 heteroatoms. The second-order valence-electron chi connectivity index (χ2n) is 2.96. The van der Waals surface area contributed by atoms with Crippen LogP contribution < -0.4 is 5.32 Å². The van der Waals surface area contributed by atoms with Gasteiger partial charge in [-0.25, -0.2) is 0 Å². The summed E-state index contributed by atoms with van der Waals surface area (Å²) in [6.07, 6.45) is 0. The Balaban J connectivity index is 2.64. The molecule has 0 aliphatic carbocycles. The molecule has 1 aromatic rings. The molecular formula is C10H12BrNO2. The summed E-state index contributed by atoms with van der Waals surface area (Å²) in [5, 5.41) is 11.5. The third-order valence-corrected chi connectivity index (χ3v) is 2.18. The summed E-state index contributed by atoms with van der Waals surface area (Å²) < 4.78 is 0. The Labute approximate surface area is 91.3 Å². The lowest BCUT2D eigenvalue weighted by Crippen LogP contribution is -2.19. The minimum Gasteiger partial charge on any atom is -0.392 e. The summed E-state index contributed by atoms with van der Waals surface area (Å²) in [6.45, 7) is 1.78. The second-order valence-corrected chi connectivity index (χ2v) is 4.33. The molecule has 0 heterocycles. The first kappa shape index (κ1) is 11.2. The summed E-state index contributed by atoms with van der Waals surface area (Å²) in [6, 6.07) is 7.07. The van der Waals surface area contributed by atoms with E-state index in [1.165, 1.54) is 0 Å². The van der Waals surface area contributed by atoms with Gasteiger partial charge in [-0.2, -0.15) is 0 Å². The van der Waals surface area contributed by atoms with E-state index in [0.717, 1.165) is 11.3 Å². The average Bonchev–Trinajstić information content (AvgIpc) is 2.19. The number of carbonyl (C=O) groups excluding carboxylic acids is 1. The number of carbonyl (C=O) groups is 1. The molecule has 0 saturated carbocycles. The predicted octanol–water partition coefficient (Wildman–Crippen LogP) is 1.90. The van der Waals surface area contributed by atoms with Crippen LogP contribution >= 0.6 is 15.9 Å². The van der Waals surface area contributed by atoms with Crippen LogP contribution in [-0.2, 0) is 11.4 Å². The van der Waals surface area contributed by atoms with Gasteiger partial charge in [0, 0.05) is 5.69 Å².